The largest absolute Gasteiger partial charge is 0.352 e. The Morgan fingerprint density at radius 1 is 1.31 bits per heavy atom. The molecule has 1 aliphatic heterocycles. The van der Waals surface area contributed by atoms with Crippen LogP contribution in [0.25, 0.3) is 0 Å². The third-order valence-corrected chi connectivity index (χ3v) is 5.67. The molecule has 2 amide bonds. The third-order valence-electron chi connectivity index (χ3n) is 5.44. The smallest absolute Gasteiger partial charge is 0.253 e. The fraction of sp³-hybridized carbons (Fsp3) is 0.350. The van der Waals surface area contributed by atoms with Gasteiger partial charge in [0.25, 0.3) is 5.91 Å². The molecule has 0 unspecified atom stereocenters. The Hall–Kier alpha value is -2.40. The molecule has 1 saturated carbocycles. The van der Waals surface area contributed by atoms with Crippen molar-refractivity contribution in [3.63, 3.8) is 0 Å². The zero-order valence-corrected chi connectivity index (χ0v) is 15.1. The Balaban J connectivity index is 1.34. The predicted molar refractivity (Wildman–Crippen MR) is 98.6 cm³/mol. The number of likely N-dealkylation sites (tertiary alicyclic amines) is 1. The van der Waals surface area contributed by atoms with E-state index in [2.05, 4.69) is 10.3 Å². The Kier molecular flexibility index (Phi) is 4.41. The van der Waals surface area contributed by atoms with Crippen LogP contribution in [0.1, 0.15) is 28.8 Å². The lowest BCUT2D eigenvalue weighted by Gasteiger charge is -2.17. The highest BCUT2D eigenvalue weighted by molar-refractivity contribution is 6.30. The van der Waals surface area contributed by atoms with Crippen molar-refractivity contribution in [3.05, 3.63) is 64.9 Å². The van der Waals surface area contributed by atoms with Gasteiger partial charge in [-0.05, 0) is 42.7 Å². The van der Waals surface area contributed by atoms with Gasteiger partial charge in [-0.3, -0.25) is 14.6 Å². The highest BCUT2D eigenvalue weighted by Crippen LogP contribution is 2.58. The van der Waals surface area contributed by atoms with E-state index in [1.165, 1.54) is 0 Å². The Morgan fingerprint density at radius 2 is 2.19 bits per heavy atom. The van der Waals surface area contributed by atoms with Gasteiger partial charge >= 0.3 is 0 Å². The number of carbonyl (C=O) groups is 2. The molecule has 1 aromatic heterocycles. The van der Waals surface area contributed by atoms with Gasteiger partial charge < -0.3 is 10.2 Å². The number of nitrogens with one attached hydrogen (secondary N) is 1. The van der Waals surface area contributed by atoms with Gasteiger partial charge in [0.2, 0.25) is 5.91 Å². The maximum atomic E-state index is 12.7. The van der Waals surface area contributed by atoms with Gasteiger partial charge in [-0.25, -0.2) is 0 Å². The first kappa shape index (κ1) is 17.0. The van der Waals surface area contributed by atoms with E-state index in [-0.39, 0.29) is 23.1 Å². The highest BCUT2D eigenvalue weighted by atomic mass is 35.5. The molecule has 1 spiro atoms. The molecule has 1 saturated heterocycles. The zero-order chi connectivity index (χ0) is 18.1. The first-order chi connectivity index (χ1) is 12.6. The van der Waals surface area contributed by atoms with Crippen LogP contribution in [0.2, 0.25) is 5.02 Å². The van der Waals surface area contributed by atoms with Crippen LogP contribution in [0.5, 0.6) is 0 Å². The van der Waals surface area contributed by atoms with Crippen LogP contribution in [-0.4, -0.2) is 34.8 Å². The molecule has 2 atom stereocenters. The highest BCUT2D eigenvalue weighted by Gasteiger charge is 2.61. The number of aromatic nitrogens is 1. The fourth-order valence-corrected chi connectivity index (χ4v) is 4.05. The van der Waals surface area contributed by atoms with Crippen molar-refractivity contribution >= 4 is 23.4 Å². The molecule has 1 aromatic carbocycles. The SMILES string of the molecule is O=C(NCc1cccnc1)[C@@H]1C[C@@]12CCN(C(=O)c1cccc(Cl)c1)C2. The number of pyridine rings is 1. The normalized spacial score (nSPS) is 23.9. The summed E-state index contributed by atoms with van der Waals surface area (Å²) in [6.45, 7) is 1.82. The topological polar surface area (TPSA) is 62.3 Å². The van der Waals surface area contributed by atoms with Crippen molar-refractivity contribution < 1.29 is 9.59 Å². The summed E-state index contributed by atoms with van der Waals surface area (Å²) in [5, 5.41) is 3.55. The second kappa shape index (κ2) is 6.72. The second-order valence-corrected chi connectivity index (χ2v) is 7.62. The van der Waals surface area contributed by atoms with Crippen LogP contribution >= 0.6 is 11.6 Å². The van der Waals surface area contributed by atoms with Gasteiger partial charge in [0, 0.05) is 53.9 Å². The summed E-state index contributed by atoms with van der Waals surface area (Å²) >= 11 is 5.99. The van der Waals surface area contributed by atoms with Crippen molar-refractivity contribution in [3.8, 4) is 0 Å². The van der Waals surface area contributed by atoms with Gasteiger partial charge in [0.05, 0.1) is 0 Å². The average molecular weight is 370 g/mol. The summed E-state index contributed by atoms with van der Waals surface area (Å²) in [4.78, 5) is 31.0. The molecule has 2 aromatic rings. The molecule has 4 rings (SSSR count). The minimum atomic E-state index is -0.0484. The van der Waals surface area contributed by atoms with Gasteiger partial charge in [0.1, 0.15) is 0 Å². The van der Waals surface area contributed by atoms with Crippen LogP contribution in [0.3, 0.4) is 0 Å². The maximum absolute atomic E-state index is 12.7. The summed E-state index contributed by atoms with van der Waals surface area (Å²) < 4.78 is 0. The Morgan fingerprint density at radius 3 is 2.96 bits per heavy atom. The van der Waals surface area contributed by atoms with Crippen LogP contribution in [0.15, 0.2) is 48.8 Å². The lowest BCUT2D eigenvalue weighted by atomic mass is 10.0. The van der Waals surface area contributed by atoms with Gasteiger partial charge in [0.15, 0.2) is 0 Å². The first-order valence-corrected chi connectivity index (χ1v) is 9.17. The van der Waals surface area contributed by atoms with Gasteiger partial charge in [-0.2, -0.15) is 0 Å². The quantitative estimate of drug-likeness (QED) is 0.901. The number of benzene rings is 1. The Bertz CT molecular complexity index is 842. The van der Waals surface area contributed by atoms with E-state index in [1.807, 2.05) is 17.0 Å². The molecule has 134 valence electrons. The zero-order valence-electron chi connectivity index (χ0n) is 14.3. The summed E-state index contributed by atoms with van der Waals surface area (Å²) in [5.74, 6) is 0.0630. The molecule has 0 radical (unpaired) electrons. The number of carbonyl (C=O) groups excluding carboxylic acids is 2. The van der Waals surface area contributed by atoms with Crippen molar-refractivity contribution in [2.45, 2.75) is 19.4 Å². The number of rotatable bonds is 4. The fourth-order valence-electron chi connectivity index (χ4n) is 3.86. The standard InChI is InChI=1S/C20H20ClN3O2/c21-16-5-1-4-15(9-16)19(26)24-8-6-20(13-24)10-17(20)18(25)23-12-14-3-2-7-22-11-14/h1-5,7,9,11,17H,6,8,10,12-13H2,(H,23,25)/t17-,20+/m0/s1. The molecule has 26 heavy (non-hydrogen) atoms. The van der Waals surface area contributed by atoms with Crippen LogP contribution in [0, 0.1) is 11.3 Å². The molecule has 1 N–H and O–H groups in total. The number of halogens is 1. The lowest BCUT2D eigenvalue weighted by molar-refractivity contribution is -0.123. The van der Waals surface area contributed by atoms with Crippen molar-refractivity contribution in [1.29, 1.82) is 0 Å². The van der Waals surface area contributed by atoms with E-state index >= 15 is 0 Å². The molecule has 6 heteroatoms. The minimum Gasteiger partial charge on any atom is -0.352 e. The summed E-state index contributed by atoms with van der Waals surface area (Å²) in [7, 11) is 0. The van der Waals surface area contributed by atoms with E-state index in [1.54, 1.807) is 36.7 Å². The van der Waals surface area contributed by atoms with Crippen molar-refractivity contribution in [2.75, 3.05) is 13.1 Å². The number of hydrogen-bond donors (Lipinski definition) is 1. The summed E-state index contributed by atoms with van der Waals surface area (Å²) in [6.07, 6.45) is 5.20. The molecule has 2 fully saturated rings. The Labute approximate surface area is 157 Å². The number of hydrogen-bond acceptors (Lipinski definition) is 3. The summed E-state index contributed by atoms with van der Waals surface area (Å²) in [5.41, 5.74) is 1.54. The van der Waals surface area contributed by atoms with Crippen LogP contribution in [0.4, 0.5) is 0 Å². The maximum Gasteiger partial charge on any atom is 0.253 e. The first-order valence-electron chi connectivity index (χ1n) is 8.79. The number of nitrogens with zero attached hydrogens (tertiary/aromatic N) is 2. The van der Waals surface area contributed by atoms with Gasteiger partial charge in [-0.15, -0.1) is 0 Å². The minimum absolute atomic E-state index is 0.00340. The number of amides is 2. The molecule has 2 aliphatic rings. The van der Waals surface area contributed by atoms with Crippen LogP contribution < -0.4 is 5.32 Å². The molecule has 2 heterocycles. The van der Waals surface area contributed by atoms with E-state index < -0.39 is 0 Å². The molecule has 0 bridgehead atoms. The molecular weight excluding hydrogens is 350 g/mol. The molecule has 1 aliphatic carbocycles. The summed E-state index contributed by atoms with van der Waals surface area (Å²) in [6, 6.07) is 10.8. The van der Waals surface area contributed by atoms with E-state index in [9.17, 15) is 9.59 Å². The van der Waals surface area contributed by atoms with E-state index in [0.29, 0.717) is 30.2 Å². The van der Waals surface area contributed by atoms with E-state index in [4.69, 9.17) is 11.6 Å². The van der Waals surface area contributed by atoms with Crippen molar-refractivity contribution in [1.82, 2.24) is 15.2 Å². The van der Waals surface area contributed by atoms with Gasteiger partial charge in [-0.1, -0.05) is 23.7 Å². The van der Waals surface area contributed by atoms with Crippen LogP contribution in [-0.2, 0) is 11.3 Å². The van der Waals surface area contributed by atoms with Crippen molar-refractivity contribution in [2.24, 2.45) is 11.3 Å². The molecular formula is C20H20ClN3O2. The molecule has 5 nitrogen and oxygen atoms in total. The van der Waals surface area contributed by atoms with E-state index in [0.717, 1.165) is 18.4 Å². The predicted octanol–water partition coefficient (Wildman–Crippen LogP) is 2.90. The monoisotopic (exact) mass is 369 g/mol. The third kappa shape index (κ3) is 3.31. The average Bonchev–Trinajstić information content (AvgIpc) is 3.20. The second-order valence-electron chi connectivity index (χ2n) is 7.19. The lowest BCUT2D eigenvalue weighted by Crippen LogP contribution is -2.31.